The number of benzene rings is 4. The lowest BCUT2D eigenvalue weighted by molar-refractivity contribution is -0.115. The van der Waals surface area contributed by atoms with Crippen molar-refractivity contribution in [2.45, 2.75) is 0 Å². The summed E-state index contributed by atoms with van der Waals surface area (Å²) in [6, 6.07) is 31.2. The van der Waals surface area contributed by atoms with Crippen molar-refractivity contribution in [2.24, 2.45) is 0 Å². The maximum atomic E-state index is 13.0. The van der Waals surface area contributed by atoms with E-state index in [4.69, 9.17) is 23.8 Å². The van der Waals surface area contributed by atoms with Gasteiger partial charge >= 0.3 is 0 Å². The van der Waals surface area contributed by atoms with Gasteiger partial charge in [-0.2, -0.15) is 0 Å². The Morgan fingerprint density at radius 1 is 0.703 bits per heavy atom. The van der Waals surface area contributed by atoms with E-state index in [0.717, 1.165) is 16.9 Å². The number of para-hydroxylation sites is 2. The molecule has 0 saturated heterocycles. The average molecular weight is 527 g/mol. The van der Waals surface area contributed by atoms with Crippen LogP contribution in [0.4, 0.5) is 22.7 Å². The summed E-state index contributed by atoms with van der Waals surface area (Å²) in [7, 11) is 0. The molecule has 0 spiro atoms. The Hall–Kier alpha value is -4.46. The summed E-state index contributed by atoms with van der Waals surface area (Å²) >= 11 is 11.1. The van der Waals surface area contributed by atoms with Gasteiger partial charge in [0.15, 0.2) is 5.11 Å². The van der Waals surface area contributed by atoms with E-state index in [1.165, 1.54) is 6.08 Å². The number of halogens is 1. The summed E-state index contributed by atoms with van der Waals surface area (Å²) in [5, 5.41) is 12.4. The van der Waals surface area contributed by atoms with Crippen molar-refractivity contribution < 1.29 is 9.59 Å². The molecule has 0 aliphatic rings. The Labute approximate surface area is 225 Å². The van der Waals surface area contributed by atoms with Gasteiger partial charge in [-0.25, -0.2) is 0 Å². The SMILES string of the molecule is O=C(/C=C/c1ccc(Cl)cc1)NC(=S)Nc1ccccc1C(=O)Nc1ccc(Nc2ccccc2)cc1. The second-order valence-corrected chi connectivity index (χ2v) is 8.74. The highest BCUT2D eigenvalue weighted by molar-refractivity contribution is 7.80. The van der Waals surface area contributed by atoms with Gasteiger partial charge in [-0.3, -0.25) is 14.9 Å². The van der Waals surface area contributed by atoms with E-state index < -0.39 is 5.91 Å². The lowest BCUT2D eigenvalue weighted by atomic mass is 10.1. The summed E-state index contributed by atoms with van der Waals surface area (Å²) in [5.74, 6) is -0.720. The van der Waals surface area contributed by atoms with E-state index in [1.807, 2.05) is 54.6 Å². The molecular weight excluding hydrogens is 504 g/mol. The van der Waals surface area contributed by atoms with Gasteiger partial charge in [0.2, 0.25) is 5.91 Å². The predicted molar refractivity (Wildman–Crippen MR) is 155 cm³/mol. The third-order valence-electron chi connectivity index (χ3n) is 5.16. The van der Waals surface area contributed by atoms with Crippen molar-refractivity contribution in [3.63, 3.8) is 0 Å². The summed E-state index contributed by atoms with van der Waals surface area (Å²) in [4.78, 5) is 25.2. The maximum Gasteiger partial charge on any atom is 0.257 e. The summed E-state index contributed by atoms with van der Waals surface area (Å²) in [6.45, 7) is 0. The van der Waals surface area contributed by atoms with Crippen LogP contribution in [0.2, 0.25) is 5.02 Å². The minimum Gasteiger partial charge on any atom is -0.356 e. The van der Waals surface area contributed by atoms with E-state index in [-0.39, 0.29) is 11.0 Å². The van der Waals surface area contributed by atoms with Crippen LogP contribution in [0, 0.1) is 0 Å². The Morgan fingerprint density at radius 3 is 2.05 bits per heavy atom. The largest absolute Gasteiger partial charge is 0.356 e. The van der Waals surface area contributed by atoms with Crippen LogP contribution in [-0.4, -0.2) is 16.9 Å². The topological polar surface area (TPSA) is 82.3 Å². The first-order chi connectivity index (χ1) is 18.0. The minimum absolute atomic E-state index is 0.0716. The first-order valence-corrected chi connectivity index (χ1v) is 12.1. The van der Waals surface area contributed by atoms with Crippen LogP contribution in [0.25, 0.3) is 6.08 Å². The normalized spacial score (nSPS) is 10.5. The van der Waals surface area contributed by atoms with Crippen LogP contribution in [0.3, 0.4) is 0 Å². The molecule has 4 aromatic rings. The quantitative estimate of drug-likeness (QED) is 0.156. The minimum atomic E-state index is -0.404. The first kappa shape index (κ1) is 25.6. The maximum absolute atomic E-state index is 13.0. The molecule has 4 N–H and O–H groups in total. The molecule has 4 rings (SSSR count). The number of carbonyl (C=O) groups is 2. The van der Waals surface area contributed by atoms with Crippen molar-refractivity contribution in [3.8, 4) is 0 Å². The molecule has 0 saturated carbocycles. The average Bonchev–Trinajstić information content (AvgIpc) is 2.90. The lowest BCUT2D eigenvalue weighted by Crippen LogP contribution is -2.33. The molecule has 0 aromatic heterocycles. The van der Waals surface area contributed by atoms with Gasteiger partial charge in [0, 0.05) is 28.2 Å². The third kappa shape index (κ3) is 7.76. The highest BCUT2D eigenvalue weighted by Crippen LogP contribution is 2.21. The standard InChI is InChI=1S/C29H23ClN4O2S/c30-21-13-10-20(11-14-21)12-19-27(35)34-29(37)33-26-9-5-4-8-25(26)28(36)32-24-17-15-23(16-18-24)31-22-6-2-1-3-7-22/h1-19,31H,(H,32,36)(H2,33,34,35,37)/b19-12+. The first-order valence-electron chi connectivity index (χ1n) is 11.3. The molecule has 0 aliphatic heterocycles. The van der Waals surface area contributed by atoms with Crippen LogP contribution in [0.5, 0.6) is 0 Å². The van der Waals surface area contributed by atoms with Crippen molar-refractivity contribution in [2.75, 3.05) is 16.0 Å². The molecule has 0 heterocycles. The molecule has 0 unspecified atom stereocenters. The molecule has 184 valence electrons. The lowest BCUT2D eigenvalue weighted by Gasteiger charge is -2.13. The van der Waals surface area contributed by atoms with Crippen molar-refractivity contribution in [1.29, 1.82) is 0 Å². The zero-order valence-corrected chi connectivity index (χ0v) is 21.1. The fourth-order valence-electron chi connectivity index (χ4n) is 3.37. The number of carbonyl (C=O) groups excluding carboxylic acids is 2. The Morgan fingerprint density at radius 2 is 1.32 bits per heavy atom. The predicted octanol–water partition coefficient (Wildman–Crippen LogP) is 6.86. The second-order valence-electron chi connectivity index (χ2n) is 7.90. The number of hydrogen-bond acceptors (Lipinski definition) is 4. The number of thiocarbonyl (C=S) groups is 1. The molecule has 0 atom stereocenters. The number of rotatable bonds is 7. The monoisotopic (exact) mass is 526 g/mol. The molecule has 0 radical (unpaired) electrons. The highest BCUT2D eigenvalue weighted by Gasteiger charge is 2.13. The summed E-state index contributed by atoms with van der Waals surface area (Å²) in [5.41, 5.74) is 4.18. The van der Waals surface area contributed by atoms with E-state index in [2.05, 4.69) is 21.3 Å². The van der Waals surface area contributed by atoms with Crippen molar-refractivity contribution in [3.05, 3.63) is 125 Å². The fraction of sp³-hybridized carbons (Fsp3) is 0. The highest BCUT2D eigenvalue weighted by atomic mass is 35.5. The number of anilines is 4. The van der Waals surface area contributed by atoms with Gasteiger partial charge in [0.05, 0.1) is 11.3 Å². The molecule has 6 nitrogen and oxygen atoms in total. The van der Waals surface area contributed by atoms with E-state index >= 15 is 0 Å². The van der Waals surface area contributed by atoms with Gasteiger partial charge in [-0.05, 0) is 84.5 Å². The van der Waals surface area contributed by atoms with Gasteiger partial charge in [0.25, 0.3) is 5.91 Å². The molecular formula is C29H23ClN4O2S. The van der Waals surface area contributed by atoms with Gasteiger partial charge in [-0.15, -0.1) is 0 Å². The third-order valence-corrected chi connectivity index (χ3v) is 5.62. The van der Waals surface area contributed by atoms with Crippen LogP contribution in [0.1, 0.15) is 15.9 Å². The molecule has 37 heavy (non-hydrogen) atoms. The Bertz CT molecular complexity index is 1420. The molecule has 8 heteroatoms. The van der Waals surface area contributed by atoms with Crippen LogP contribution in [0.15, 0.2) is 109 Å². The van der Waals surface area contributed by atoms with Gasteiger partial charge in [0.1, 0.15) is 0 Å². The molecule has 2 amide bonds. The van der Waals surface area contributed by atoms with E-state index in [0.29, 0.717) is 22.0 Å². The van der Waals surface area contributed by atoms with Crippen LogP contribution < -0.4 is 21.3 Å². The van der Waals surface area contributed by atoms with E-state index in [9.17, 15) is 9.59 Å². The van der Waals surface area contributed by atoms with Crippen molar-refractivity contribution >= 4 is 69.6 Å². The zero-order valence-electron chi connectivity index (χ0n) is 19.6. The number of nitrogens with one attached hydrogen (secondary N) is 4. The Balaban J connectivity index is 1.35. The number of hydrogen-bond donors (Lipinski definition) is 4. The molecule has 4 aromatic carbocycles. The summed E-state index contributed by atoms with van der Waals surface area (Å²) < 4.78 is 0. The Kier molecular flexibility index (Phi) is 8.65. The van der Waals surface area contributed by atoms with Crippen LogP contribution in [-0.2, 0) is 4.79 Å². The molecule has 0 aliphatic carbocycles. The summed E-state index contributed by atoms with van der Waals surface area (Å²) in [6.07, 6.45) is 3.02. The second kappa shape index (κ2) is 12.5. The van der Waals surface area contributed by atoms with E-state index in [1.54, 1.807) is 54.6 Å². The van der Waals surface area contributed by atoms with Crippen molar-refractivity contribution in [1.82, 2.24) is 5.32 Å². The zero-order chi connectivity index (χ0) is 26.0. The van der Waals surface area contributed by atoms with Crippen LogP contribution >= 0.6 is 23.8 Å². The fourth-order valence-corrected chi connectivity index (χ4v) is 3.70. The smallest absolute Gasteiger partial charge is 0.257 e. The molecule has 0 fully saturated rings. The molecule has 0 bridgehead atoms. The van der Waals surface area contributed by atoms with Gasteiger partial charge in [-0.1, -0.05) is 54.1 Å². The van der Waals surface area contributed by atoms with Gasteiger partial charge < -0.3 is 16.0 Å². The number of amides is 2.